The lowest BCUT2D eigenvalue weighted by Crippen LogP contribution is -2.29. The van der Waals surface area contributed by atoms with Gasteiger partial charge in [-0.2, -0.15) is 0 Å². The van der Waals surface area contributed by atoms with Crippen LogP contribution in [0.2, 0.25) is 0 Å². The first-order chi connectivity index (χ1) is 10.1. The Bertz CT molecular complexity index is 547. The van der Waals surface area contributed by atoms with E-state index in [9.17, 15) is 14.9 Å². The number of hydrogen-bond donors (Lipinski definition) is 1. The Morgan fingerprint density at radius 1 is 1.62 bits per heavy atom. The fraction of sp³-hybridized carbons (Fsp3) is 0.571. The minimum atomic E-state index is -0.535. The third-order valence-corrected chi connectivity index (χ3v) is 3.82. The number of anilines is 1. The molecule has 2 rings (SSSR count). The smallest absolute Gasteiger partial charge is 0.288 e. The molecule has 7 nitrogen and oxygen atoms in total. The highest BCUT2D eigenvalue weighted by molar-refractivity contribution is 5.99. The van der Waals surface area contributed by atoms with Crippen LogP contribution >= 0.6 is 0 Å². The van der Waals surface area contributed by atoms with Gasteiger partial charge in [-0.05, 0) is 18.8 Å². The van der Waals surface area contributed by atoms with Gasteiger partial charge in [0.15, 0.2) is 0 Å². The number of nitrogens with zero attached hydrogens (tertiary/aromatic N) is 3. The van der Waals surface area contributed by atoms with Crippen LogP contribution in [0.25, 0.3) is 0 Å². The number of hydrogen-bond acceptors (Lipinski definition) is 5. The van der Waals surface area contributed by atoms with Crippen molar-refractivity contribution >= 4 is 17.4 Å². The zero-order valence-electron chi connectivity index (χ0n) is 12.3. The van der Waals surface area contributed by atoms with Crippen LogP contribution in [0.4, 0.5) is 11.5 Å². The summed E-state index contributed by atoms with van der Waals surface area (Å²) in [6.07, 6.45) is 4.37. The zero-order chi connectivity index (χ0) is 15.4. The number of nitro groups is 1. The number of rotatable bonds is 5. The van der Waals surface area contributed by atoms with Gasteiger partial charge in [0, 0.05) is 26.2 Å². The molecule has 1 aliphatic heterocycles. The van der Waals surface area contributed by atoms with E-state index in [1.165, 1.54) is 6.07 Å². The van der Waals surface area contributed by atoms with E-state index in [0.717, 1.165) is 32.0 Å². The van der Waals surface area contributed by atoms with Crippen molar-refractivity contribution < 1.29 is 9.72 Å². The van der Waals surface area contributed by atoms with Crippen LogP contribution in [0.3, 0.4) is 0 Å². The monoisotopic (exact) mass is 292 g/mol. The van der Waals surface area contributed by atoms with Crippen molar-refractivity contribution in [1.29, 1.82) is 0 Å². The van der Waals surface area contributed by atoms with Gasteiger partial charge >= 0.3 is 0 Å². The van der Waals surface area contributed by atoms with E-state index in [1.807, 2.05) is 0 Å². The highest BCUT2D eigenvalue weighted by Crippen LogP contribution is 2.26. The number of nitrogens with one attached hydrogen (secondary N) is 1. The summed E-state index contributed by atoms with van der Waals surface area (Å²) in [5, 5.41) is 13.7. The average molecular weight is 292 g/mol. The molecule has 0 radical (unpaired) electrons. The maximum atomic E-state index is 12.6. The SMILES string of the molecule is CCCC1CCN(C(=O)c2cc([N+](=O)[O-])cnc2NC)C1. The fourth-order valence-corrected chi connectivity index (χ4v) is 2.75. The molecule has 1 atom stereocenters. The van der Waals surface area contributed by atoms with E-state index >= 15 is 0 Å². The summed E-state index contributed by atoms with van der Waals surface area (Å²) in [5.74, 6) is 0.724. The second-order valence-electron chi connectivity index (χ2n) is 5.29. The van der Waals surface area contributed by atoms with Gasteiger partial charge in [0.25, 0.3) is 11.6 Å². The minimum Gasteiger partial charge on any atom is -0.372 e. The molecule has 0 aromatic carbocycles. The standard InChI is InChI=1S/C14H20N4O3/c1-3-4-10-5-6-17(9-10)14(19)12-7-11(18(20)21)8-16-13(12)15-2/h7-8,10H,3-6,9H2,1-2H3,(H,15,16). The van der Waals surface area contributed by atoms with Gasteiger partial charge in [-0.25, -0.2) is 4.98 Å². The maximum Gasteiger partial charge on any atom is 0.288 e. The summed E-state index contributed by atoms with van der Waals surface area (Å²) in [5.41, 5.74) is 0.102. The molecule has 1 N–H and O–H groups in total. The molecule has 2 heterocycles. The van der Waals surface area contributed by atoms with Gasteiger partial charge in [0.2, 0.25) is 0 Å². The summed E-state index contributed by atoms with van der Waals surface area (Å²) in [7, 11) is 1.65. The largest absolute Gasteiger partial charge is 0.372 e. The Balaban J connectivity index is 2.22. The molecule has 0 spiro atoms. The van der Waals surface area contributed by atoms with Crippen LogP contribution in [0.1, 0.15) is 36.5 Å². The second-order valence-corrected chi connectivity index (χ2v) is 5.29. The molecule has 0 saturated carbocycles. The Morgan fingerprint density at radius 2 is 2.38 bits per heavy atom. The normalized spacial score (nSPS) is 17.8. The molecule has 1 aliphatic rings. The van der Waals surface area contributed by atoms with E-state index in [1.54, 1.807) is 11.9 Å². The molecule has 0 bridgehead atoms. The summed E-state index contributed by atoms with van der Waals surface area (Å²) >= 11 is 0. The number of pyridine rings is 1. The van der Waals surface area contributed by atoms with E-state index in [0.29, 0.717) is 18.3 Å². The van der Waals surface area contributed by atoms with E-state index in [2.05, 4.69) is 17.2 Å². The van der Waals surface area contributed by atoms with Crippen LogP contribution in [0.15, 0.2) is 12.3 Å². The van der Waals surface area contributed by atoms with Crippen molar-refractivity contribution in [1.82, 2.24) is 9.88 Å². The molecule has 1 amide bonds. The van der Waals surface area contributed by atoms with Crippen molar-refractivity contribution in [3.8, 4) is 0 Å². The average Bonchev–Trinajstić information content (AvgIpc) is 2.94. The third kappa shape index (κ3) is 3.29. The van der Waals surface area contributed by atoms with Crippen molar-refractivity contribution in [2.24, 2.45) is 5.92 Å². The van der Waals surface area contributed by atoms with Gasteiger partial charge in [0.05, 0.1) is 10.5 Å². The molecule has 1 aromatic heterocycles. The van der Waals surface area contributed by atoms with Crippen molar-refractivity contribution in [2.45, 2.75) is 26.2 Å². The molecule has 114 valence electrons. The van der Waals surface area contributed by atoms with Crippen LogP contribution in [0, 0.1) is 16.0 Å². The Hall–Kier alpha value is -2.18. The predicted molar refractivity (Wildman–Crippen MR) is 79.4 cm³/mol. The zero-order valence-corrected chi connectivity index (χ0v) is 12.3. The summed E-state index contributed by atoms with van der Waals surface area (Å²) in [4.78, 5) is 28.6. The number of amides is 1. The molecule has 1 aromatic rings. The maximum absolute atomic E-state index is 12.6. The quantitative estimate of drug-likeness (QED) is 0.664. The summed E-state index contributed by atoms with van der Waals surface area (Å²) in [6.45, 7) is 3.56. The Labute approximate surface area is 123 Å². The number of carbonyl (C=O) groups excluding carboxylic acids is 1. The molecular weight excluding hydrogens is 272 g/mol. The third-order valence-electron chi connectivity index (χ3n) is 3.82. The van der Waals surface area contributed by atoms with Crippen LogP contribution < -0.4 is 5.32 Å². The number of carbonyl (C=O) groups is 1. The van der Waals surface area contributed by atoms with Crippen molar-refractivity contribution in [2.75, 3.05) is 25.5 Å². The first-order valence-electron chi connectivity index (χ1n) is 7.18. The molecule has 1 fully saturated rings. The first kappa shape index (κ1) is 15.2. The van der Waals surface area contributed by atoms with E-state index in [4.69, 9.17) is 0 Å². The van der Waals surface area contributed by atoms with Gasteiger partial charge in [0.1, 0.15) is 12.0 Å². The highest BCUT2D eigenvalue weighted by atomic mass is 16.6. The molecule has 7 heteroatoms. The lowest BCUT2D eigenvalue weighted by atomic mass is 10.0. The second kappa shape index (κ2) is 6.51. The lowest BCUT2D eigenvalue weighted by Gasteiger charge is -2.18. The van der Waals surface area contributed by atoms with Gasteiger partial charge in [-0.3, -0.25) is 14.9 Å². The van der Waals surface area contributed by atoms with Gasteiger partial charge < -0.3 is 10.2 Å². The van der Waals surface area contributed by atoms with Crippen molar-refractivity contribution in [3.63, 3.8) is 0 Å². The number of aromatic nitrogens is 1. The Morgan fingerprint density at radius 3 is 3.00 bits per heavy atom. The highest BCUT2D eigenvalue weighted by Gasteiger charge is 2.29. The summed E-state index contributed by atoms with van der Waals surface area (Å²) < 4.78 is 0. The topological polar surface area (TPSA) is 88.4 Å². The summed E-state index contributed by atoms with van der Waals surface area (Å²) in [6, 6.07) is 1.30. The fourth-order valence-electron chi connectivity index (χ4n) is 2.75. The predicted octanol–water partition coefficient (Wildman–Crippen LogP) is 2.29. The minimum absolute atomic E-state index is 0.165. The molecular formula is C14H20N4O3. The molecule has 0 aliphatic carbocycles. The van der Waals surface area contributed by atoms with Gasteiger partial charge in [-0.1, -0.05) is 13.3 Å². The molecule has 21 heavy (non-hydrogen) atoms. The Kier molecular flexibility index (Phi) is 4.72. The van der Waals surface area contributed by atoms with Crippen molar-refractivity contribution in [3.05, 3.63) is 27.9 Å². The van der Waals surface area contributed by atoms with Crippen LogP contribution in [-0.4, -0.2) is 40.9 Å². The first-order valence-corrected chi connectivity index (χ1v) is 7.18. The van der Waals surface area contributed by atoms with Gasteiger partial charge in [-0.15, -0.1) is 0 Å². The van der Waals surface area contributed by atoms with E-state index in [-0.39, 0.29) is 17.2 Å². The number of likely N-dealkylation sites (tertiary alicyclic amines) is 1. The molecule has 1 saturated heterocycles. The van der Waals surface area contributed by atoms with Crippen LogP contribution in [0.5, 0.6) is 0 Å². The lowest BCUT2D eigenvalue weighted by molar-refractivity contribution is -0.385. The van der Waals surface area contributed by atoms with Crippen LogP contribution in [-0.2, 0) is 0 Å². The molecule has 1 unspecified atom stereocenters. The van der Waals surface area contributed by atoms with E-state index < -0.39 is 4.92 Å².